The lowest BCUT2D eigenvalue weighted by molar-refractivity contribution is 0.548. The van der Waals surface area contributed by atoms with Crippen molar-refractivity contribution in [3.8, 4) is 0 Å². The van der Waals surface area contributed by atoms with E-state index >= 15 is 0 Å². The van der Waals surface area contributed by atoms with Crippen LogP contribution >= 0.6 is 0 Å². The fourth-order valence-electron chi connectivity index (χ4n) is 1.77. The first-order valence-electron chi connectivity index (χ1n) is 6.50. The summed E-state index contributed by atoms with van der Waals surface area (Å²) in [6.45, 7) is 4.39. The summed E-state index contributed by atoms with van der Waals surface area (Å²) >= 11 is 0. The zero-order valence-corrected chi connectivity index (χ0v) is 11.7. The quantitative estimate of drug-likeness (QED) is 0.882. The van der Waals surface area contributed by atoms with Crippen molar-refractivity contribution in [3.63, 3.8) is 0 Å². The highest BCUT2D eigenvalue weighted by molar-refractivity contribution is 5.60. The van der Waals surface area contributed by atoms with Crippen molar-refractivity contribution in [1.82, 2.24) is 9.97 Å². The van der Waals surface area contributed by atoms with E-state index in [1.165, 1.54) is 6.07 Å². The molecule has 0 spiro atoms. The highest BCUT2D eigenvalue weighted by Crippen LogP contribution is 2.24. The van der Waals surface area contributed by atoms with Gasteiger partial charge in [-0.25, -0.2) is 23.1 Å². The molecule has 2 N–H and O–H groups in total. The third-order valence-electron chi connectivity index (χ3n) is 2.65. The maximum Gasteiger partial charge on any atom is 0.152 e. The minimum atomic E-state index is -1.02. The van der Waals surface area contributed by atoms with Crippen LogP contribution in [-0.2, 0) is 0 Å². The van der Waals surface area contributed by atoms with Crippen LogP contribution < -0.4 is 10.6 Å². The second-order valence-electron chi connectivity index (χ2n) is 4.48. The zero-order valence-electron chi connectivity index (χ0n) is 11.7. The maximum atomic E-state index is 13.6. The van der Waals surface area contributed by atoms with Gasteiger partial charge < -0.3 is 10.6 Å². The number of nitrogens with zero attached hydrogens (tertiary/aromatic N) is 2. The average Bonchev–Trinajstić information content (AvgIpc) is 2.40. The largest absolute Gasteiger partial charge is 0.370 e. The van der Waals surface area contributed by atoms with Crippen LogP contribution in [0.3, 0.4) is 0 Å². The van der Waals surface area contributed by atoms with Crippen molar-refractivity contribution in [2.45, 2.75) is 20.3 Å². The molecule has 0 fully saturated rings. The van der Waals surface area contributed by atoms with Crippen LogP contribution in [0, 0.1) is 24.4 Å². The molecule has 112 valence electrons. The number of hydrogen-bond donors (Lipinski definition) is 2. The topological polar surface area (TPSA) is 49.8 Å². The molecule has 0 aliphatic rings. The molecule has 1 aromatic heterocycles. The van der Waals surface area contributed by atoms with Gasteiger partial charge in [0.15, 0.2) is 11.6 Å². The summed E-state index contributed by atoms with van der Waals surface area (Å²) in [5.74, 6) is -1.79. The third kappa shape index (κ3) is 3.84. The van der Waals surface area contributed by atoms with Gasteiger partial charge in [-0.05, 0) is 13.3 Å². The molecule has 0 amide bonds. The lowest BCUT2D eigenvalue weighted by Crippen LogP contribution is -2.06. The smallest absolute Gasteiger partial charge is 0.152 e. The molecule has 1 heterocycles. The van der Waals surface area contributed by atoms with Crippen LogP contribution in [-0.4, -0.2) is 16.5 Å². The van der Waals surface area contributed by atoms with Crippen LogP contribution in [0.1, 0.15) is 19.2 Å². The first-order chi connectivity index (χ1) is 9.99. The molecule has 0 saturated carbocycles. The third-order valence-corrected chi connectivity index (χ3v) is 2.65. The van der Waals surface area contributed by atoms with Gasteiger partial charge in [0.1, 0.15) is 29.0 Å². The first kappa shape index (κ1) is 15.1. The molecule has 4 nitrogen and oxygen atoms in total. The zero-order chi connectivity index (χ0) is 15.4. The molecular formula is C14H15F3N4. The lowest BCUT2D eigenvalue weighted by atomic mass is 10.2. The van der Waals surface area contributed by atoms with E-state index in [0.717, 1.165) is 13.0 Å². The number of nitrogens with one attached hydrogen (secondary N) is 2. The molecule has 2 aromatic rings. The Morgan fingerprint density at radius 3 is 2.24 bits per heavy atom. The second-order valence-corrected chi connectivity index (χ2v) is 4.48. The second kappa shape index (κ2) is 6.43. The van der Waals surface area contributed by atoms with Gasteiger partial charge in [0, 0.05) is 24.7 Å². The number of aromatic nitrogens is 2. The Hall–Kier alpha value is -2.31. The van der Waals surface area contributed by atoms with Crippen molar-refractivity contribution in [2.75, 3.05) is 17.2 Å². The molecule has 0 bridgehead atoms. The summed E-state index contributed by atoms with van der Waals surface area (Å²) in [5, 5.41) is 5.58. The Kier molecular flexibility index (Phi) is 4.62. The molecule has 2 rings (SSSR count). The van der Waals surface area contributed by atoms with E-state index in [1.54, 1.807) is 6.92 Å². The Morgan fingerprint density at radius 1 is 1.00 bits per heavy atom. The molecule has 0 radical (unpaired) electrons. The Labute approximate surface area is 120 Å². The van der Waals surface area contributed by atoms with E-state index in [-0.39, 0.29) is 5.82 Å². The van der Waals surface area contributed by atoms with Crippen LogP contribution in [0.15, 0.2) is 18.2 Å². The van der Waals surface area contributed by atoms with Gasteiger partial charge in [-0.2, -0.15) is 0 Å². The number of benzene rings is 1. The summed E-state index contributed by atoms with van der Waals surface area (Å²) < 4.78 is 40.1. The van der Waals surface area contributed by atoms with E-state index in [0.29, 0.717) is 23.8 Å². The standard InChI is InChI=1S/C14H15F3N4/c1-3-4-18-12-7-13(20-8(2)19-12)21-14-10(16)5-9(15)6-11(14)17/h5-7H,3-4H2,1-2H3,(H2,18,19,20,21). The Bertz CT molecular complexity index is 623. The highest BCUT2D eigenvalue weighted by Gasteiger charge is 2.13. The van der Waals surface area contributed by atoms with E-state index in [4.69, 9.17) is 0 Å². The predicted molar refractivity (Wildman–Crippen MR) is 75.1 cm³/mol. The molecule has 1 aromatic carbocycles. The molecule has 0 aliphatic carbocycles. The SMILES string of the molecule is CCCNc1cc(Nc2c(F)cc(F)cc2F)nc(C)n1. The minimum absolute atomic E-state index is 0.227. The summed E-state index contributed by atoms with van der Waals surface area (Å²) in [6.07, 6.45) is 0.910. The summed E-state index contributed by atoms with van der Waals surface area (Å²) in [4.78, 5) is 8.21. The highest BCUT2D eigenvalue weighted by atomic mass is 19.1. The van der Waals surface area contributed by atoms with Crippen molar-refractivity contribution in [3.05, 3.63) is 41.5 Å². The van der Waals surface area contributed by atoms with Gasteiger partial charge in [0.2, 0.25) is 0 Å². The van der Waals surface area contributed by atoms with E-state index in [9.17, 15) is 13.2 Å². The maximum absolute atomic E-state index is 13.6. The number of hydrogen-bond acceptors (Lipinski definition) is 4. The van der Waals surface area contributed by atoms with Crippen LogP contribution in [0.2, 0.25) is 0 Å². The summed E-state index contributed by atoms with van der Waals surface area (Å²) in [5.41, 5.74) is -0.448. The fourth-order valence-corrected chi connectivity index (χ4v) is 1.77. The lowest BCUT2D eigenvalue weighted by Gasteiger charge is -2.11. The number of halogens is 3. The van der Waals surface area contributed by atoms with Crippen LogP contribution in [0.25, 0.3) is 0 Å². The van der Waals surface area contributed by atoms with Gasteiger partial charge in [-0.3, -0.25) is 0 Å². The van der Waals surface area contributed by atoms with Gasteiger partial charge in [-0.15, -0.1) is 0 Å². The van der Waals surface area contributed by atoms with E-state index in [1.807, 2.05) is 6.92 Å². The van der Waals surface area contributed by atoms with Gasteiger partial charge in [0.05, 0.1) is 0 Å². The molecule has 0 atom stereocenters. The first-order valence-corrected chi connectivity index (χ1v) is 6.50. The molecule has 21 heavy (non-hydrogen) atoms. The predicted octanol–water partition coefficient (Wildman–Crippen LogP) is 3.77. The normalized spacial score (nSPS) is 10.5. The average molecular weight is 296 g/mol. The number of anilines is 3. The Balaban J connectivity index is 2.29. The fraction of sp³-hybridized carbons (Fsp3) is 0.286. The van der Waals surface area contributed by atoms with E-state index in [2.05, 4.69) is 20.6 Å². The molecule has 0 saturated heterocycles. The van der Waals surface area contributed by atoms with Gasteiger partial charge in [0.25, 0.3) is 0 Å². The molecular weight excluding hydrogens is 281 g/mol. The number of rotatable bonds is 5. The Morgan fingerprint density at radius 2 is 1.62 bits per heavy atom. The molecule has 0 unspecified atom stereocenters. The van der Waals surface area contributed by atoms with Gasteiger partial charge in [-0.1, -0.05) is 6.92 Å². The molecule has 7 heteroatoms. The van der Waals surface area contributed by atoms with Crippen molar-refractivity contribution in [1.29, 1.82) is 0 Å². The molecule has 0 aliphatic heterocycles. The van der Waals surface area contributed by atoms with Gasteiger partial charge >= 0.3 is 0 Å². The van der Waals surface area contributed by atoms with E-state index < -0.39 is 23.1 Å². The summed E-state index contributed by atoms with van der Waals surface area (Å²) in [6, 6.07) is 2.75. The van der Waals surface area contributed by atoms with Crippen molar-refractivity contribution in [2.24, 2.45) is 0 Å². The summed E-state index contributed by atoms with van der Waals surface area (Å²) in [7, 11) is 0. The minimum Gasteiger partial charge on any atom is -0.370 e. The van der Waals surface area contributed by atoms with Crippen LogP contribution in [0.4, 0.5) is 30.5 Å². The van der Waals surface area contributed by atoms with Crippen molar-refractivity contribution >= 4 is 17.3 Å². The van der Waals surface area contributed by atoms with Crippen molar-refractivity contribution < 1.29 is 13.2 Å². The monoisotopic (exact) mass is 296 g/mol. The van der Waals surface area contributed by atoms with Crippen LogP contribution in [0.5, 0.6) is 0 Å². The number of aryl methyl sites for hydroxylation is 1.